The van der Waals surface area contributed by atoms with E-state index in [1.165, 1.54) is 26.4 Å². The molecule has 0 amide bonds. The fourth-order valence-electron chi connectivity index (χ4n) is 1.26. The van der Waals surface area contributed by atoms with Crippen LogP contribution < -0.4 is 4.74 Å². The third-order valence-corrected chi connectivity index (χ3v) is 2.12. The first-order valence-electron chi connectivity index (χ1n) is 5.08. The van der Waals surface area contributed by atoms with E-state index < -0.39 is 10.9 Å². The van der Waals surface area contributed by atoms with Crippen LogP contribution in [0, 0.1) is 10.1 Å². The van der Waals surface area contributed by atoms with Gasteiger partial charge in [-0.25, -0.2) is 4.79 Å². The van der Waals surface area contributed by atoms with Crippen LogP contribution >= 0.6 is 0 Å². The van der Waals surface area contributed by atoms with Crippen LogP contribution in [0.5, 0.6) is 5.75 Å². The van der Waals surface area contributed by atoms with Gasteiger partial charge in [-0.1, -0.05) is 0 Å². The van der Waals surface area contributed by atoms with Gasteiger partial charge in [-0.3, -0.25) is 10.1 Å². The molecule has 7 heteroatoms. The Morgan fingerprint density at radius 3 is 2.61 bits per heavy atom. The summed E-state index contributed by atoms with van der Waals surface area (Å²) in [5.41, 5.74) is -0.183. The highest BCUT2D eigenvalue weighted by Gasteiger charge is 2.18. The van der Waals surface area contributed by atoms with Crippen molar-refractivity contribution in [1.29, 1.82) is 0 Å². The number of nitrogens with zero attached hydrogens (tertiary/aromatic N) is 1. The lowest BCUT2D eigenvalue weighted by atomic mass is 10.2. The molecule has 0 saturated heterocycles. The van der Waals surface area contributed by atoms with E-state index in [1.807, 2.05) is 0 Å². The monoisotopic (exact) mass is 255 g/mol. The molecule has 1 aromatic carbocycles. The zero-order valence-electron chi connectivity index (χ0n) is 10.0. The van der Waals surface area contributed by atoms with E-state index in [4.69, 9.17) is 9.47 Å². The predicted molar refractivity (Wildman–Crippen MR) is 61.8 cm³/mol. The molecule has 0 radical (unpaired) electrons. The Labute approximate surface area is 103 Å². The number of nitro groups is 1. The van der Waals surface area contributed by atoms with Crippen molar-refractivity contribution in [2.75, 3.05) is 27.4 Å². The van der Waals surface area contributed by atoms with E-state index in [-0.39, 0.29) is 23.6 Å². The van der Waals surface area contributed by atoms with Crippen LogP contribution in [0.15, 0.2) is 18.2 Å². The van der Waals surface area contributed by atoms with Crippen LogP contribution in [0.2, 0.25) is 0 Å². The number of methoxy groups -OCH3 is 2. The Balaban J connectivity index is 3.01. The van der Waals surface area contributed by atoms with Gasteiger partial charge in [0.15, 0.2) is 0 Å². The number of nitro benzene ring substituents is 1. The molecule has 0 aliphatic rings. The van der Waals surface area contributed by atoms with Crippen molar-refractivity contribution in [2.24, 2.45) is 0 Å². The first kappa shape index (κ1) is 13.9. The molecule has 0 heterocycles. The molecule has 0 aliphatic carbocycles. The predicted octanol–water partition coefficient (Wildman–Crippen LogP) is 1.41. The summed E-state index contributed by atoms with van der Waals surface area (Å²) in [6.45, 7) is 0.579. The van der Waals surface area contributed by atoms with Crippen molar-refractivity contribution in [3.63, 3.8) is 0 Å². The lowest BCUT2D eigenvalue weighted by Crippen LogP contribution is -2.10. The molecule has 0 aliphatic heterocycles. The highest BCUT2D eigenvalue weighted by Crippen LogP contribution is 2.24. The van der Waals surface area contributed by atoms with Crippen molar-refractivity contribution in [2.45, 2.75) is 0 Å². The van der Waals surface area contributed by atoms with Gasteiger partial charge in [-0.05, 0) is 6.07 Å². The summed E-state index contributed by atoms with van der Waals surface area (Å²) in [7, 11) is 2.71. The molecule has 0 N–H and O–H groups in total. The maximum absolute atomic E-state index is 11.5. The van der Waals surface area contributed by atoms with E-state index in [1.54, 1.807) is 0 Å². The number of carbonyl (C=O) groups is 1. The number of carbonyl (C=O) groups excluding carboxylic acids is 1. The van der Waals surface area contributed by atoms with Crippen LogP contribution in [0.25, 0.3) is 0 Å². The van der Waals surface area contributed by atoms with Crippen molar-refractivity contribution >= 4 is 11.7 Å². The Morgan fingerprint density at radius 1 is 1.33 bits per heavy atom. The summed E-state index contributed by atoms with van der Waals surface area (Å²) in [5, 5.41) is 10.6. The number of non-ortho nitro benzene ring substituents is 1. The van der Waals surface area contributed by atoms with Crippen molar-refractivity contribution in [3.05, 3.63) is 33.9 Å². The summed E-state index contributed by atoms with van der Waals surface area (Å²) in [6.07, 6.45) is 0. The average Bonchev–Trinajstić information content (AvgIpc) is 2.38. The summed E-state index contributed by atoms with van der Waals surface area (Å²) < 4.78 is 14.6. The molecule has 0 aromatic heterocycles. The van der Waals surface area contributed by atoms with Gasteiger partial charge in [-0.15, -0.1) is 0 Å². The van der Waals surface area contributed by atoms with E-state index in [9.17, 15) is 14.9 Å². The SMILES string of the molecule is COCCOc1ccc([N+](=O)[O-])cc1C(=O)OC. The second-order valence-corrected chi connectivity index (χ2v) is 3.27. The van der Waals surface area contributed by atoms with E-state index in [0.717, 1.165) is 6.07 Å². The lowest BCUT2D eigenvalue weighted by Gasteiger charge is -2.09. The molecule has 1 aromatic rings. The third-order valence-electron chi connectivity index (χ3n) is 2.12. The van der Waals surface area contributed by atoms with Gasteiger partial charge in [-0.2, -0.15) is 0 Å². The normalized spacial score (nSPS) is 9.89. The Kier molecular flexibility index (Phi) is 5.06. The van der Waals surface area contributed by atoms with Crippen LogP contribution in [-0.2, 0) is 9.47 Å². The number of ether oxygens (including phenoxy) is 3. The topological polar surface area (TPSA) is 87.9 Å². The minimum atomic E-state index is -0.689. The van der Waals surface area contributed by atoms with Crippen LogP contribution in [0.1, 0.15) is 10.4 Å². The quantitative estimate of drug-likeness (QED) is 0.330. The number of rotatable bonds is 6. The first-order valence-corrected chi connectivity index (χ1v) is 5.08. The molecule has 0 fully saturated rings. The molecular formula is C11H13NO6. The van der Waals surface area contributed by atoms with E-state index >= 15 is 0 Å². The van der Waals surface area contributed by atoms with Crippen molar-refractivity contribution < 1.29 is 23.9 Å². The van der Waals surface area contributed by atoms with Crippen molar-refractivity contribution in [3.8, 4) is 5.75 Å². The van der Waals surface area contributed by atoms with Crippen LogP contribution in [-0.4, -0.2) is 38.3 Å². The summed E-state index contributed by atoms with van der Waals surface area (Å²) >= 11 is 0. The maximum Gasteiger partial charge on any atom is 0.341 e. The third kappa shape index (κ3) is 3.42. The molecule has 18 heavy (non-hydrogen) atoms. The highest BCUT2D eigenvalue weighted by molar-refractivity contribution is 5.93. The van der Waals surface area contributed by atoms with Crippen LogP contribution in [0.3, 0.4) is 0 Å². The summed E-state index contributed by atoms with van der Waals surface area (Å²) in [4.78, 5) is 21.5. The van der Waals surface area contributed by atoms with Gasteiger partial charge in [0.1, 0.15) is 17.9 Å². The number of hydrogen-bond donors (Lipinski definition) is 0. The molecule has 0 bridgehead atoms. The fraction of sp³-hybridized carbons (Fsp3) is 0.364. The Bertz CT molecular complexity index is 445. The van der Waals surface area contributed by atoms with Gasteiger partial charge < -0.3 is 14.2 Å². The smallest absolute Gasteiger partial charge is 0.341 e. The molecule has 1 rings (SSSR count). The Morgan fingerprint density at radius 2 is 2.06 bits per heavy atom. The first-order chi connectivity index (χ1) is 8.60. The molecular weight excluding hydrogens is 242 g/mol. The number of hydrogen-bond acceptors (Lipinski definition) is 6. The fourth-order valence-corrected chi connectivity index (χ4v) is 1.26. The molecule has 7 nitrogen and oxygen atoms in total. The number of benzene rings is 1. The average molecular weight is 255 g/mol. The molecule has 0 spiro atoms. The molecule has 0 atom stereocenters. The standard InChI is InChI=1S/C11H13NO6/c1-16-5-6-18-10-4-3-8(12(14)15)7-9(10)11(13)17-2/h3-4,7H,5-6H2,1-2H3. The van der Waals surface area contributed by atoms with Gasteiger partial charge in [0.05, 0.1) is 18.6 Å². The molecule has 98 valence electrons. The zero-order valence-corrected chi connectivity index (χ0v) is 10.0. The Hall–Kier alpha value is -2.15. The minimum Gasteiger partial charge on any atom is -0.490 e. The highest BCUT2D eigenvalue weighted by atomic mass is 16.6. The summed E-state index contributed by atoms with van der Waals surface area (Å²) in [5.74, 6) is -0.462. The van der Waals surface area contributed by atoms with E-state index in [0.29, 0.717) is 6.61 Å². The lowest BCUT2D eigenvalue weighted by molar-refractivity contribution is -0.384. The molecule has 0 saturated carbocycles. The second kappa shape index (κ2) is 6.55. The van der Waals surface area contributed by atoms with Gasteiger partial charge >= 0.3 is 5.97 Å². The van der Waals surface area contributed by atoms with Gasteiger partial charge in [0.2, 0.25) is 0 Å². The van der Waals surface area contributed by atoms with Crippen molar-refractivity contribution in [1.82, 2.24) is 0 Å². The number of esters is 1. The molecule has 0 unspecified atom stereocenters. The minimum absolute atomic E-state index is 0.0165. The van der Waals surface area contributed by atoms with Gasteiger partial charge in [0, 0.05) is 19.2 Å². The second-order valence-electron chi connectivity index (χ2n) is 3.27. The van der Waals surface area contributed by atoms with E-state index in [2.05, 4.69) is 4.74 Å². The maximum atomic E-state index is 11.5. The summed E-state index contributed by atoms with van der Waals surface area (Å²) in [6, 6.07) is 3.74. The largest absolute Gasteiger partial charge is 0.490 e. The zero-order chi connectivity index (χ0) is 13.5. The van der Waals surface area contributed by atoms with Crippen LogP contribution in [0.4, 0.5) is 5.69 Å². The van der Waals surface area contributed by atoms with Gasteiger partial charge in [0.25, 0.3) is 5.69 Å².